The summed E-state index contributed by atoms with van der Waals surface area (Å²) in [4.78, 5) is 13.2. The Balaban J connectivity index is 1.37. The van der Waals surface area contributed by atoms with Crippen LogP contribution in [0, 0.1) is 5.82 Å². The zero-order valence-corrected chi connectivity index (χ0v) is 22.7. The first-order valence-corrected chi connectivity index (χ1v) is 12.9. The van der Waals surface area contributed by atoms with Crippen LogP contribution in [0.5, 0.6) is 5.75 Å². The molecule has 0 saturated carbocycles. The number of hydrogen-bond acceptors (Lipinski definition) is 8. The molecule has 0 amide bonds. The number of morpholine rings is 1. The summed E-state index contributed by atoms with van der Waals surface area (Å²) in [5.41, 5.74) is 0.652. The van der Waals surface area contributed by atoms with Crippen LogP contribution >= 0.6 is 11.6 Å². The van der Waals surface area contributed by atoms with E-state index in [1.165, 1.54) is 6.20 Å². The molecule has 1 aromatic carbocycles. The van der Waals surface area contributed by atoms with Gasteiger partial charge in [0.2, 0.25) is 5.95 Å². The van der Waals surface area contributed by atoms with Gasteiger partial charge >= 0.3 is 0 Å². The number of likely N-dealkylation sites (tertiary alicyclic amines) is 1. The van der Waals surface area contributed by atoms with E-state index in [1.54, 1.807) is 6.07 Å². The first-order valence-electron chi connectivity index (χ1n) is 12.6. The zero-order valence-electron chi connectivity index (χ0n) is 21.9. The molecular weight excluding hydrogens is 483 g/mol. The fraction of sp³-hybridized carbons (Fsp3) is 0.615. The summed E-state index contributed by atoms with van der Waals surface area (Å²) in [7, 11) is 2.15. The lowest BCUT2D eigenvalue weighted by Crippen LogP contribution is -2.61. The van der Waals surface area contributed by atoms with Crippen LogP contribution in [0.15, 0.2) is 24.4 Å². The molecule has 1 aromatic heterocycles. The Hall–Kier alpha value is -2.20. The molecule has 2 N–H and O–H groups in total. The lowest BCUT2D eigenvalue weighted by Gasteiger charge is -2.53. The van der Waals surface area contributed by atoms with E-state index in [-0.39, 0.29) is 22.9 Å². The molecule has 2 fully saturated rings. The Morgan fingerprint density at radius 2 is 1.86 bits per heavy atom. The molecule has 2 saturated heterocycles. The number of piperidine rings is 1. The molecule has 0 aliphatic carbocycles. The van der Waals surface area contributed by atoms with Gasteiger partial charge in [0.15, 0.2) is 11.6 Å². The predicted octanol–water partition coefficient (Wildman–Crippen LogP) is 4.79. The van der Waals surface area contributed by atoms with Gasteiger partial charge < -0.3 is 20.1 Å². The smallest absolute Gasteiger partial charge is 0.229 e. The molecule has 2 aliphatic heterocycles. The molecule has 3 heterocycles. The number of aromatic nitrogens is 2. The molecule has 2 aliphatic rings. The van der Waals surface area contributed by atoms with Crippen molar-refractivity contribution in [2.24, 2.45) is 0 Å². The Bertz CT molecular complexity index is 1030. The summed E-state index contributed by atoms with van der Waals surface area (Å²) < 4.78 is 25.9. The van der Waals surface area contributed by atoms with Gasteiger partial charge in [-0.05, 0) is 65.8 Å². The van der Waals surface area contributed by atoms with Crippen LogP contribution < -0.4 is 15.4 Å². The molecular formula is C26H38ClFN6O2. The quantitative estimate of drug-likeness (QED) is 0.515. The third-order valence-corrected chi connectivity index (χ3v) is 7.64. The van der Waals surface area contributed by atoms with Gasteiger partial charge in [-0.1, -0.05) is 11.6 Å². The van der Waals surface area contributed by atoms with Crippen LogP contribution in [0.4, 0.5) is 21.8 Å². The Labute approximate surface area is 218 Å². The molecule has 0 unspecified atom stereocenters. The molecule has 0 bridgehead atoms. The maximum atomic E-state index is 14.6. The molecule has 0 radical (unpaired) electrons. The van der Waals surface area contributed by atoms with Gasteiger partial charge in [-0.15, -0.1) is 0 Å². The first kappa shape index (κ1) is 26.9. The van der Waals surface area contributed by atoms with E-state index in [2.05, 4.69) is 65.1 Å². The molecule has 4 rings (SSSR count). The van der Waals surface area contributed by atoms with Crippen molar-refractivity contribution in [3.05, 3.63) is 35.2 Å². The van der Waals surface area contributed by atoms with Crippen molar-refractivity contribution in [3.8, 4) is 5.75 Å². The predicted molar refractivity (Wildman–Crippen MR) is 142 cm³/mol. The van der Waals surface area contributed by atoms with Crippen LogP contribution in [0.2, 0.25) is 5.02 Å². The van der Waals surface area contributed by atoms with Crippen molar-refractivity contribution in [3.63, 3.8) is 0 Å². The maximum absolute atomic E-state index is 14.6. The highest BCUT2D eigenvalue weighted by Crippen LogP contribution is 2.38. The highest BCUT2D eigenvalue weighted by Gasteiger charge is 2.43. The number of benzene rings is 1. The number of nitrogens with zero attached hydrogens (tertiary/aromatic N) is 4. The summed E-state index contributed by atoms with van der Waals surface area (Å²) in [5, 5.41) is 6.94. The maximum Gasteiger partial charge on any atom is 0.229 e. The third kappa shape index (κ3) is 6.56. The van der Waals surface area contributed by atoms with E-state index in [9.17, 15) is 4.39 Å². The molecule has 10 heteroatoms. The van der Waals surface area contributed by atoms with Crippen molar-refractivity contribution in [1.29, 1.82) is 0 Å². The lowest BCUT2D eigenvalue weighted by atomic mass is 9.77. The van der Waals surface area contributed by atoms with Gasteiger partial charge in [-0.2, -0.15) is 4.98 Å². The van der Waals surface area contributed by atoms with Gasteiger partial charge in [-0.3, -0.25) is 9.80 Å². The molecule has 198 valence electrons. The Morgan fingerprint density at radius 1 is 1.17 bits per heavy atom. The van der Waals surface area contributed by atoms with Gasteiger partial charge in [-0.25, -0.2) is 9.37 Å². The minimum Gasteiger partial charge on any atom is -0.491 e. The van der Waals surface area contributed by atoms with Crippen molar-refractivity contribution in [2.45, 2.75) is 57.7 Å². The van der Waals surface area contributed by atoms with Crippen LogP contribution in [-0.2, 0) is 4.74 Å². The first-order chi connectivity index (χ1) is 17.0. The summed E-state index contributed by atoms with van der Waals surface area (Å²) in [5.74, 6) is 0.632. The normalized spacial score (nSPS) is 20.8. The van der Waals surface area contributed by atoms with Crippen molar-refractivity contribution >= 4 is 29.1 Å². The van der Waals surface area contributed by atoms with Crippen molar-refractivity contribution in [2.75, 3.05) is 57.1 Å². The van der Waals surface area contributed by atoms with Gasteiger partial charge in [0.05, 0.1) is 24.4 Å². The average molecular weight is 521 g/mol. The molecule has 36 heavy (non-hydrogen) atoms. The van der Waals surface area contributed by atoms with E-state index >= 15 is 0 Å². The van der Waals surface area contributed by atoms with Crippen LogP contribution in [0.25, 0.3) is 0 Å². The summed E-state index contributed by atoms with van der Waals surface area (Å²) in [6.45, 7) is 13.6. The number of anilines is 3. The molecule has 0 spiro atoms. The number of nitrogens with one attached hydrogen (secondary N) is 2. The lowest BCUT2D eigenvalue weighted by molar-refractivity contribution is -0.00778. The highest BCUT2D eigenvalue weighted by atomic mass is 35.5. The molecule has 8 nitrogen and oxygen atoms in total. The second kappa shape index (κ2) is 11.0. The van der Waals surface area contributed by atoms with E-state index in [0.717, 1.165) is 45.7 Å². The summed E-state index contributed by atoms with van der Waals surface area (Å²) >= 11 is 6.45. The summed E-state index contributed by atoms with van der Waals surface area (Å²) in [6.07, 6.45) is 2.94. The monoisotopic (exact) mass is 520 g/mol. The van der Waals surface area contributed by atoms with Crippen LogP contribution in [0.1, 0.15) is 40.5 Å². The number of halogens is 2. The van der Waals surface area contributed by atoms with E-state index in [1.807, 2.05) is 12.1 Å². The topological polar surface area (TPSA) is 74.8 Å². The van der Waals surface area contributed by atoms with E-state index in [4.69, 9.17) is 21.1 Å². The minimum atomic E-state index is -0.475. The molecule has 0 atom stereocenters. The van der Waals surface area contributed by atoms with Gasteiger partial charge in [0.1, 0.15) is 12.4 Å². The van der Waals surface area contributed by atoms with E-state index < -0.39 is 5.82 Å². The Morgan fingerprint density at radius 3 is 2.53 bits per heavy atom. The van der Waals surface area contributed by atoms with E-state index in [0.29, 0.717) is 29.0 Å². The van der Waals surface area contributed by atoms with Crippen molar-refractivity contribution < 1.29 is 13.9 Å². The minimum absolute atomic E-state index is 0.0211. The largest absolute Gasteiger partial charge is 0.491 e. The number of ether oxygens (including phenoxy) is 2. The second-order valence-electron chi connectivity index (χ2n) is 10.9. The average Bonchev–Trinajstić information content (AvgIpc) is 2.81. The Kier molecular flexibility index (Phi) is 8.24. The fourth-order valence-electron chi connectivity index (χ4n) is 5.13. The van der Waals surface area contributed by atoms with Gasteiger partial charge in [0, 0.05) is 42.4 Å². The van der Waals surface area contributed by atoms with Crippen LogP contribution in [-0.4, -0.2) is 83.4 Å². The third-order valence-electron chi connectivity index (χ3n) is 7.35. The number of hydrogen-bond donors (Lipinski definition) is 2. The standard InChI is InChI=1S/C26H38ClFN6O2/c1-25(2)15-19(16-26(3,4)33(25)5)30-23-21(28)17-29-24(32-23)31-18-6-7-22(20(27)14-18)36-13-10-34-8-11-35-12-9-34/h6-7,14,17,19H,8-13,15-16H2,1-5H3,(H2,29,30,31,32). The highest BCUT2D eigenvalue weighted by molar-refractivity contribution is 6.32. The number of rotatable bonds is 8. The summed E-state index contributed by atoms with van der Waals surface area (Å²) in [6, 6.07) is 5.51. The zero-order chi connectivity index (χ0) is 25.9. The fourth-order valence-corrected chi connectivity index (χ4v) is 5.36. The molecule has 2 aromatic rings. The van der Waals surface area contributed by atoms with Crippen molar-refractivity contribution in [1.82, 2.24) is 19.8 Å². The van der Waals surface area contributed by atoms with Gasteiger partial charge in [0.25, 0.3) is 0 Å². The van der Waals surface area contributed by atoms with Crippen LogP contribution in [0.3, 0.4) is 0 Å². The second-order valence-corrected chi connectivity index (χ2v) is 11.3. The SMILES string of the molecule is CN1C(C)(C)CC(Nc2nc(Nc3ccc(OCCN4CCOCC4)c(Cl)c3)ncc2F)CC1(C)C.